The maximum Gasteiger partial charge on any atom is 0.325 e. The maximum atomic E-state index is 12.5. The Morgan fingerprint density at radius 1 is 1.14 bits per heavy atom. The summed E-state index contributed by atoms with van der Waals surface area (Å²) in [5.41, 5.74) is 4.82. The van der Waals surface area contributed by atoms with Crippen LogP contribution in [0.1, 0.15) is 45.4 Å². The number of piperidine rings is 1. The van der Waals surface area contributed by atoms with Gasteiger partial charge in [0.15, 0.2) is 0 Å². The fourth-order valence-corrected chi connectivity index (χ4v) is 3.21. The first-order valence-corrected chi connectivity index (χ1v) is 8.19. The van der Waals surface area contributed by atoms with Gasteiger partial charge in [-0.2, -0.15) is 0 Å². The van der Waals surface area contributed by atoms with Gasteiger partial charge in [0.2, 0.25) is 0 Å². The smallest absolute Gasteiger partial charge is 0.325 e. The van der Waals surface area contributed by atoms with E-state index in [2.05, 4.69) is 17.1 Å². The van der Waals surface area contributed by atoms with Crippen molar-refractivity contribution in [3.05, 3.63) is 0 Å². The number of imide groups is 1. The van der Waals surface area contributed by atoms with E-state index in [1.807, 2.05) is 0 Å². The molecule has 6 nitrogen and oxygen atoms in total. The van der Waals surface area contributed by atoms with Gasteiger partial charge in [-0.15, -0.1) is 0 Å². The van der Waals surface area contributed by atoms with Crippen molar-refractivity contribution >= 4 is 11.9 Å². The largest absolute Gasteiger partial charge is 0.330 e. The normalized spacial score (nSPS) is 22.1. The molecule has 2 fully saturated rings. The van der Waals surface area contributed by atoms with Gasteiger partial charge < -0.3 is 16.0 Å². The summed E-state index contributed by atoms with van der Waals surface area (Å²) < 4.78 is 0. The van der Waals surface area contributed by atoms with E-state index in [-0.39, 0.29) is 11.9 Å². The zero-order valence-electron chi connectivity index (χ0n) is 13.1. The molecular weight excluding hydrogens is 268 g/mol. The Hall–Kier alpha value is -1.14. The molecule has 2 saturated heterocycles. The Kier molecular flexibility index (Phi) is 5.58. The van der Waals surface area contributed by atoms with Crippen LogP contribution in [0.3, 0.4) is 0 Å². The number of nitrogens with one attached hydrogen (secondary N) is 1. The van der Waals surface area contributed by atoms with Crippen LogP contribution in [0.5, 0.6) is 0 Å². The molecule has 0 saturated carbocycles. The van der Waals surface area contributed by atoms with Crippen LogP contribution in [0.4, 0.5) is 4.79 Å². The van der Waals surface area contributed by atoms with Crippen LogP contribution in [-0.4, -0.2) is 60.0 Å². The molecule has 0 unspecified atom stereocenters. The minimum absolute atomic E-state index is 0.0471. The second-order valence-corrected chi connectivity index (χ2v) is 6.16. The number of carbonyl (C=O) groups is 2. The molecular formula is C15H28N4O2. The van der Waals surface area contributed by atoms with Gasteiger partial charge in [-0.3, -0.25) is 9.69 Å². The molecule has 3 amide bonds. The molecule has 0 aromatic heterocycles. The first-order chi connectivity index (χ1) is 10.1. The summed E-state index contributed by atoms with van der Waals surface area (Å²) in [7, 11) is 0. The molecule has 2 aliphatic heterocycles. The lowest BCUT2D eigenvalue weighted by Gasteiger charge is -2.37. The molecule has 2 aliphatic rings. The standard InChI is InChI=1S/C15H28N4O2/c1-2-3-4-9-18-11-6-15(7-12-18)13(20)19(10-5-8-16)14(21)17-15/h2-12,16H2,1H3,(H,17,21). The van der Waals surface area contributed by atoms with Crippen molar-refractivity contribution in [1.82, 2.24) is 15.1 Å². The van der Waals surface area contributed by atoms with E-state index in [1.165, 1.54) is 24.2 Å². The number of unbranched alkanes of at least 4 members (excludes halogenated alkanes) is 2. The minimum atomic E-state index is -0.646. The molecule has 3 N–H and O–H groups in total. The second-order valence-electron chi connectivity index (χ2n) is 6.16. The first kappa shape index (κ1) is 16.2. The van der Waals surface area contributed by atoms with Crippen molar-refractivity contribution in [1.29, 1.82) is 0 Å². The third-order valence-electron chi connectivity index (χ3n) is 4.62. The van der Waals surface area contributed by atoms with Crippen LogP contribution in [0.15, 0.2) is 0 Å². The lowest BCUT2D eigenvalue weighted by Crippen LogP contribution is -2.55. The number of carbonyl (C=O) groups excluding carboxylic acids is 2. The molecule has 2 rings (SSSR count). The molecule has 0 atom stereocenters. The van der Waals surface area contributed by atoms with E-state index < -0.39 is 5.54 Å². The zero-order valence-corrected chi connectivity index (χ0v) is 13.1. The number of hydrogen-bond donors (Lipinski definition) is 2. The highest BCUT2D eigenvalue weighted by atomic mass is 16.2. The summed E-state index contributed by atoms with van der Waals surface area (Å²) in [5, 5.41) is 2.94. The van der Waals surface area contributed by atoms with Gasteiger partial charge in [-0.05, 0) is 38.8 Å². The van der Waals surface area contributed by atoms with Gasteiger partial charge in [0.1, 0.15) is 5.54 Å². The summed E-state index contributed by atoms with van der Waals surface area (Å²) in [6, 6.07) is -0.243. The predicted octanol–water partition coefficient (Wildman–Crippen LogP) is 0.912. The van der Waals surface area contributed by atoms with Crippen molar-refractivity contribution in [2.24, 2.45) is 5.73 Å². The lowest BCUT2D eigenvalue weighted by molar-refractivity contribution is -0.133. The van der Waals surface area contributed by atoms with E-state index in [0.717, 1.165) is 32.5 Å². The summed E-state index contributed by atoms with van der Waals surface area (Å²) >= 11 is 0. The van der Waals surface area contributed by atoms with Gasteiger partial charge in [-0.25, -0.2) is 4.79 Å². The third kappa shape index (κ3) is 3.55. The molecule has 6 heteroatoms. The number of nitrogens with two attached hydrogens (primary N) is 1. The highest BCUT2D eigenvalue weighted by Gasteiger charge is 2.51. The lowest BCUT2D eigenvalue weighted by atomic mass is 9.87. The van der Waals surface area contributed by atoms with Crippen LogP contribution >= 0.6 is 0 Å². The predicted molar refractivity (Wildman–Crippen MR) is 81.8 cm³/mol. The number of rotatable bonds is 7. The monoisotopic (exact) mass is 296 g/mol. The topological polar surface area (TPSA) is 78.7 Å². The highest BCUT2D eigenvalue weighted by molar-refractivity contribution is 6.07. The van der Waals surface area contributed by atoms with Gasteiger partial charge in [-0.1, -0.05) is 19.8 Å². The molecule has 120 valence electrons. The van der Waals surface area contributed by atoms with Crippen LogP contribution in [-0.2, 0) is 4.79 Å². The summed E-state index contributed by atoms with van der Waals surface area (Å²) in [6.45, 7) is 6.01. The summed E-state index contributed by atoms with van der Waals surface area (Å²) in [6.07, 6.45) is 5.81. The van der Waals surface area contributed by atoms with E-state index in [9.17, 15) is 9.59 Å². The van der Waals surface area contributed by atoms with Gasteiger partial charge in [0.05, 0.1) is 0 Å². The maximum absolute atomic E-state index is 12.5. The Morgan fingerprint density at radius 2 is 1.86 bits per heavy atom. The van der Waals surface area contributed by atoms with Gasteiger partial charge in [0, 0.05) is 19.6 Å². The van der Waals surface area contributed by atoms with Crippen LogP contribution in [0.25, 0.3) is 0 Å². The molecule has 1 spiro atoms. The number of hydrogen-bond acceptors (Lipinski definition) is 4. The Balaban J connectivity index is 1.87. The molecule has 0 aromatic rings. The average molecular weight is 296 g/mol. The molecule has 2 heterocycles. The Morgan fingerprint density at radius 3 is 2.48 bits per heavy atom. The minimum Gasteiger partial charge on any atom is -0.330 e. The number of likely N-dealkylation sites (tertiary alicyclic amines) is 1. The van der Waals surface area contributed by atoms with Crippen LogP contribution in [0.2, 0.25) is 0 Å². The summed E-state index contributed by atoms with van der Waals surface area (Å²) in [4.78, 5) is 28.3. The number of urea groups is 1. The first-order valence-electron chi connectivity index (χ1n) is 8.19. The van der Waals surface area contributed by atoms with Crippen LogP contribution in [0, 0.1) is 0 Å². The Labute approximate surface area is 127 Å². The van der Waals surface area contributed by atoms with E-state index >= 15 is 0 Å². The fraction of sp³-hybridized carbons (Fsp3) is 0.867. The zero-order chi connectivity index (χ0) is 15.3. The molecule has 21 heavy (non-hydrogen) atoms. The fourth-order valence-electron chi connectivity index (χ4n) is 3.21. The highest BCUT2D eigenvalue weighted by Crippen LogP contribution is 2.29. The quantitative estimate of drug-likeness (QED) is 0.541. The molecule has 0 aliphatic carbocycles. The number of nitrogens with zero attached hydrogens (tertiary/aromatic N) is 2. The second kappa shape index (κ2) is 7.22. The van der Waals surface area contributed by atoms with Crippen LogP contribution < -0.4 is 11.1 Å². The van der Waals surface area contributed by atoms with E-state index in [0.29, 0.717) is 19.5 Å². The molecule has 0 aromatic carbocycles. The van der Waals surface area contributed by atoms with E-state index in [1.54, 1.807) is 0 Å². The van der Waals surface area contributed by atoms with Gasteiger partial charge >= 0.3 is 6.03 Å². The van der Waals surface area contributed by atoms with Crippen molar-refractivity contribution in [3.63, 3.8) is 0 Å². The molecule has 0 radical (unpaired) electrons. The van der Waals surface area contributed by atoms with Crippen molar-refractivity contribution in [3.8, 4) is 0 Å². The molecule has 0 bridgehead atoms. The van der Waals surface area contributed by atoms with E-state index in [4.69, 9.17) is 5.73 Å². The Bertz CT molecular complexity index is 378. The number of amides is 3. The van der Waals surface area contributed by atoms with Crippen molar-refractivity contribution in [2.75, 3.05) is 32.7 Å². The summed E-state index contributed by atoms with van der Waals surface area (Å²) in [5.74, 6) is -0.0471. The van der Waals surface area contributed by atoms with Crippen molar-refractivity contribution < 1.29 is 9.59 Å². The SMILES string of the molecule is CCCCCN1CCC2(CC1)NC(=O)N(CCCN)C2=O. The third-order valence-corrected chi connectivity index (χ3v) is 4.62. The average Bonchev–Trinajstić information content (AvgIpc) is 2.71. The van der Waals surface area contributed by atoms with Gasteiger partial charge in [0.25, 0.3) is 5.91 Å². The van der Waals surface area contributed by atoms with Crippen molar-refractivity contribution in [2.45, 2.75) is 51.0 Å².